The number of likely N-dealkylation sites (N-methyl/N-ethyl adjacent to an activating group) is 2. The van der Waals surface area contributed by atoms with Crippen LogP contribution in [0.4, 0.5) is 0 Å². The summed E-state index contributed by atoms with van der Waals surface area (Å²) in [5, 5.41) is 3.02. The van der Waals surface area contributed by atoms with Crippen LogP contribution in [0.3, 0.4) is 0 Å². The van der Waals surface area contributed by atoms with Crippen molar-refractivity contribution >= 4 is 5.91 Å². The van der Waals surface area contributed by atoms with Crippen molar-refractivity contribution in [3.05, 3.63) is 130 Å². The van der Waals surface area contributed by atoms with E-state index in [9.17, 15) is 4.79 Å². The lowest BCUT2D eigenvalue weighted by molar-refractivity contribution is -0.120. The van der Waals surface area contributed by atoms with Gasteiger partial charge >= 0.3 is 0 Å². The monoisotopic (exact) mass is 783 g/mol. The second kappa shape index (κ2) is 17.4. The third kappa shape index (κ3) is 8.31. The van der Waals surface area contributed by atoms with Gasteiger partial charge in [0.05, 0.1) is 34.4 Å². The molecule has 5 aromatic rings. The summed E-state index contributed by atoms with van der Waals surface area (Å²) in [5.41, 5.74) is 7.98. The molecule has 5 aromatic carbocycles. The van der Waals surface area contributed by atoms with Gasteiger partial charge in [0, 0.05) is 37.3 Å². The van der Waals surface area contributed by atoms with E-state index in [2.05, 4.69) is 71.7 Å². The van der Waals surface area contributed by atoms with Gasteiger partial charge in [-0.25, -0.2) is 0 Å². The number of ether oxygens (including phenoxy) is 6. The number of hydrogen-bond donors (Lipinski definition) is 1. The van der Waals surface area contributed by atoms with Gasteiger partial charge in [0.2, 0.25) is 11.7 Å². The third-order valence-electron chi connectivity index (χ3n) is 11.7. The van der Waals surface area contributed by atoms with Gasteiger partial charge in [-0.2, -0.15) is 0 Å². The van der Waals surface area contributed by atoms with E-state index in [1.807, 2.05) is 48.5 Å². The minimum atomic E-state index is -0.0571. The Hall–Kier alpha value is -5.71. The first-order valence-corrected chi connectivity index (χ1v) is 20.2. The highest BCUT2D eigenvalue weighted by atomic mass is 16.5. The van der Waals surface area contributed by atoms with Crippen LogP contribution in [0.25, 0.3) is 0 Å². The molecule has 9 rings (SSSR count). The highest BCUT2D eigenvalue weighted by Crippen LogP contribution is 2.52. The molecule has 2 atom stereocenters. The van der Waals surface area contributed by atoms with Gasteiger partial charge in [0.15, 0.2) is 34.5 Å². The average molecular weight is 784 g/mol. The topological polar surface area (TPSA) is 91.0 Å². The standard InChI is InChI=1S/C48H53N3O7/c1-50-21-18-34-28-41(53-3)43-30-37(34)38(50)24-32-12-15-36(16-13-32)57-42-26-33(14-17-40(42)56-23-9-20-49-45(52)27-31-10-7-6-8-11-31)25-39-46-35(19-22-51(39)2)29-44(54-4)47(55-5)48(46)58-43/h6-8,10-17,26,28-30,38-39H,9,18-25,27H2,1-5H3,(H,49,52)/t38-,39+/m0/s1. The Kier molecular flexibility index (Phi) is 11.8. The van der Waals surface area contributed by atoms with Gasteiger partial charge < -0.3 is 33.7 Å². The molecule has 4 aliphatic rings. The Morgan fingerprint density at radius 1 is 0.724 bits per heavy atom. The Balaban J connectivity index is 1.15. The van der Waals surface area contributed by atoms with Crippen molar-refractivity contribution in [2.75, 3.05) is 61.7 Å². The highest BCUT2D eigenvalue weighted by molar-refractivity contribution is 5.78. The summed E-state index contributed by atoms with van der Waals surface area (Å²) < 4.78 is 38.1. The minimum Gasteiger partial charge on any atom is -0.493 e. The molecular formula is C48H53N3O7. The highest BCUT2D eigenvalue weighted by Gasteiger charge is 2.35. The van der Waals surface area contributed by atoms with Crippen LogP contribution >= 0.6 is 0 Å². The third-order valence-corrected chi connectivity index (χ3v) is 11.7. The van der Waals surface area contributed by atoms with Crippen LogP contribution in [-0.2, 0) is 36.9 Å². The molecule has 0 radical (unpaired) electrons. The molecule has 0 saturated heterocycles. The lowest BCUT2D eigenvalue weighted by atomic mass is 9.87. The molecule has 58 heavy (non-hydrogen) atoms. The van der Waals surface area contributed by atoms with Gasteiger partial charge in [0.25, 0.3) is 0 Å². The van der Waals surface area contributed by atoms with E-state index in [0.717, 1.165) is 60.4 Å². The molecule has 4 heterocycles. The van der Waals surface area contributed by atoms with Crippen LogP contribution in [-0.4, -0.2) is 77.4 Å². The molecular weight excluding hydrogens is 731 g/mol. The van der Waals surface area contributed by atoms with Crippen molar-refractivity contribution in [1.29, 1.82) is 0 Å². The molecule has 0 spiro atoms. The number of nitrogens with zero attached hydrogens (tertiary/aromatic N) is 2. The Labute approximate surface area is 341 Å². The van der Waals surface area contributed by atoms with E-state index in [-0.39, 0.29) is 18.0 Å². The zero-order chi connectivity index (χ0) is 40.2. The number of nitrogens with one attached hydrogen (secondary N) is 1. The van der Waals surface area contributed by atoms with Crippen LogP contribution < -0.4 is 33.7 Å². The largest absolute Gasteiger partial charge is 0.493 e. The average Bonchev–Trinajstić information content (AvgIpc) is 3.23. The SMILES string of the molecule is COc1cc2c3cc1Oc1c(OC)c(OC)cc4c1[C@@H](Cc1ccc(OCCCNC(=O)Cc5ccccc5)c(c1)Oc1ccc(cc1)C[C@@H]3N(C)CC2)N(C)CC4. The van der Waals surface area contributed by atoms with Crippen LogP contribution in [0.1, 0.15) is 57.4 Å². The fourth-order valence-electron chi connectivity index (χ4n) is 8.55. The van der Waals surface area contributed by atoms with Crippen molar-refractivity contribution in [1.82, 2.24) is 15.1 Å². The molecule has 0 saturated carbocycles. The number of methoxy groups -OCH3 is 3. The van der Waals surface area contributed by atoms with E-state index < -0.39 is 0 Å². The summed E-state index contributed by atoms with van der Waals surface area (Å²) in [4.78, 5) is 17.3. The Bertz CT molecular complexity index is 2240. The van der Waals surface area contributed by atoms with E-state index >= 15 is 0 Å². The maximum absolute atomic E-state index is 12.5. The van der Waals surface area contributed by atoms with Crippen molar-refractivity contribution in [2.45, 2.75) is 50.6 Å². The molecule has 1 N–H and O–H groups in total. The summed E-state index contributed by atoms with van der Waals surface area (Å²) in [6.45, 7) is 2.73. The van der Waals surface area contributed by atoms with Crippen molar-refractivity contribution in [3.8, 4) is 46.0 Å². The normalized spacial score (nSPS) is 17.5. The maximum Gasteiger partial charge on any atom is 0.224 e. The zero-order valence-corrected chi connectivity index (χ0v) is 34.1. The summed E-state index contributed by atoms with van der Waals surface area (Å²) in [7, 11) is 9.39. The fraction of sp³-hybridized carbons (Fsp3) is 0.354. The van der Waals surface area contributed by atoms with Crippen LogP contribution in [0, 0.1) is 0 Å². The fourth-order valence-corrected chi connectivity index (χ4v) is 8.55. The first-order chi connectivity index (χ1) is 28.3. The van der Waals surface area contributed by atoms with Gasteiger partial charge in [0.1, 0.15) is 5.75 Å². The lowest BCUT2D eigenvalue weighted by Crippen LogP contribution is -2.34. The minimum absolute atomic E-state index is 0.00397. The number of hydrogen-bond acceptors (Lipinski definition) is 9. The summed E-state index contributed by atoms with van der Waals surface area (Å²) >= 11 is 0. The summed E-state index contributed by atoms with van der Waals surface area (Å²) in [6, 6.07) is 30.8. The smallest absolute Gasteiger partial charge is 0.224 e. The zero-order valence-electron chi connectivity index (χ0n) is 34.1. The summed E-state index contributed by atoms with van der Waals surface area (Å²) in [5.74, 6) is 5.16. The predicted molar refractivity (Wildman–Crippen MR) is 224 cm³/mol. The van der Waals surface area contributed by atoms with E-state index in [1.165, 1.54) is 16.7 Å². The van der Waals surface area contributed by atoms with Crippen LogP contribution in [0.2, 0.25) is 0 Å². The Morgan fingerprint density at radius 3 is 2.17 bits per heavy atom. The van der Waals surface area contributed by atoms with Crippen LogP contribution in [0.5, 0.6) is 46.0 Å². The molecule has 10 heteroatoms. The number of carbonyl (C=O) groups excluding carboxylic acids is 1. The molecule has 0 aromatic heterocycles. The molecule has 4 aliphatic heterocycles. The summed E-state index contributed by atoms with van der Waals surface area (Å²) in [6.07, 6.45) is 4.24. The van der Waals surface area contributed by atoms with E-state index in [0.29, 0.717) is 72.7 Å². The van der Waals surface area contributed by atoms with E-state index in [4.69, 9.17) is 28.4 Å². The van der Waals surface area contributed by atoms with Gasteiger partial charge in [-0.05, 0) is 122 Å². The van der Waals surface area contributed by atoms with Crippen LogP contribution in [0.15, 0.2) is 91.0 Å². The van der Waals surface area contributed by atoms with Gasteiger partial charge in [-0.1, -0.05) is 48.5 Å². The number of amides is 1. The second-order valence-electron chi connectivity index (χ2n) is 15.5. The number of carbonyl (C=O) groups is 1. The van der Waals surface area contributed by atoms with Crippen molar-refractivity contribution in [3.63, 3.8) is 0 Å². The molecule has 0 fully saturated rings. The van der Waals surface area contributed by atoms with E-state index in [1.54, 1.807) is 21.3 Å². The van der Waals surface area contributed by atoms with Crippen molar-refractivity contribution < 1.29 is 33.2 Å². The first kappa shape index (κ1) is 39.1. The number of fused-ring (bicyclic) bond motifs is 2. The quantitative estimate of drug-likeness (QED) is 0.141. The van der Waals surface area contributed by atoms with Gasteiger partial charge in [-0.15, -0.1) is 0 Å². The maximum atomic E-state index is 12.5. The Morgan fingerprint density at radius 2 is 1.41 bits per heavy atom. The molecule has 0 aliphatic carbocycles. The molecule has 6 bridgehead atoms. The number of benzene rings is 5. The molecule has 10 nitrogen and oxygen atoms in total. The lowest BCUT2D eigenvalue weighted by Gasteiger charge is -2.37. The van der Waals surface area contributed by atoms with Crippen molar-refractivity contribution in [2.24, 2.45) is 0 Å². The molecule has 1 amide bonds. The second-order valence-corrected chi connectivity index (χ2v) is 15.5. The molecule has 0 unspecified atom stereocenters. The van der Waals surface area contributed by atoms with Gasteiger partial charge in [-0.3, -0.25) is 14.6 Å². The molecule has 302 valence electrons. The predicted octanol–water partition coefficient (Wildman–Crippen LogP) is 8.28. The first-order valence-electron chi connectivity index (χ1n) is 20.2. The number of rotatable bonds is 10.